The molecule has 0 aromatic rings. The van der Waals surface area contributed by atoms with Gasteiger partial charge in [0.25, 0.3) is 5.91 Å². The van der Waals surface area contributed by atoms with Crippen LogP contribution in [-0.2, 0) is 4.79 Å². The largest absolute Gasteiger partial charge is 0.415 e. The van der Waals surface area contributed by atoms with Gasteiger partial charge in [-0.2, -0.15) is 13.2 Å². The van der Waals surface area contributed by atoms with Crippen molar-refractivity contribution < 1.29 is 18.0 Å². The molecule has 1 amide bonds. The first-order valence-corrected chi connectivity index (χ1v) is 5.76. The van der Waals surface area contributed by atoms with E-state index in [1.165, 1.54) is 0 Å². The molecule has 0 fully saturated rings. The molecule has 0 radical (unpaired) electrons. The van der Waals surface area contributed by atoms with Gasteiger partial charge in [0.15, 0.2) is 5.54 Å². The molecule has 0 aliphatic heterocycles. The number of alkyl halides is 3. The molecule has 2 atom stereocenters. The van der Waals surface area contributed by atoms with Crippen molar-refractivity contribution in [1.29, 1.82) is 0 Å². The molecule has 0 saturated carbocycles. The Kier molecular flexibility index (Phi) is 5.61. The number of rotatable bonds is 5. The van der Waals surface area contributed by atoms with Crippen LogP contribution < -0.4 is 5.73 Å². The fourth-order valence-electron chi connectivity index (χ4n) is 1.70. The van der Waals surface area contributed by atoms with Crippen LogP contribution in [0, 0.1) is 0 Å². The number of nitrogens with two attached hydrogens (primary N) is 1. The molecule has 0 bridgehead atoms. The van der Waals surface area contributed by atoms with Gasteiger partial charge in [0.1, 0.15) is 0 Å². The molecule has 0 rings (SSSR count). The highest BCUT2D eigenvalue weighted by Crippen LogP contribution is 2.30. The van der Waals surface area contributed by atoms with Gasteiger partial charge in [0, 0.05) is 19.1 Å². The Morgan fingerprint density at radius 3 is 2.06 bits per heavy atom. The summed E-state index contributed by atoms with van der Waals surface area (Å²) < 4.78 is 38.2. The molecular weight excluding hydrogens is 247 g/mol. The first-order chi connectivity index (χ1) is 7.95. The second-order valence-electron chi connectivity index (χ2n) is 4.90. The normalized spacial score (nSPS) is 17.4. The van der Waals surface area contributed by atoms with Gasteiger partial charge < -0.3 is 15.5 Å². The summed E-state index contributed by atoms with van der Waals surface area (Å²) >= 11 is 0. The molecule has 0 aromatic carbocycles. The van der Waals surface area contributed by atoms with E-state index < -0.39 is 17.6 Å². The van der Waals surface area contributed by atoms with Crippen molar-refractivity contribution in [1.82, 2.24) is 9.80 Å². The summed E-state index contributed by atoms with van der Waals surface area (Å²) in [5, 5.41) is 0. The molecule has 108 valence electrons. The molecule has 0 heterocycles. The molecule has 0 aliphatic carbocycles. The second kappa shape index (κ2) is 5.88. The van der Waals surface area contributed by atoms with E-state index in [9.17, 15) is 18.0 Å². The highest BCUT2D eigenvalue weighted by Gasteiger charge is 2.55. The Balaban J connectivity index is 5.03. The fraction of sp³-hybridized carbons (Fsp3) is 0.909. The van der Waals surface area contributed by atoms with E-state index in [1.807, 2.05) is 4.90 Å². The maximum absolute atomic E-state index is 12.7. The number of carbonyl (C=O) groups is 1. The van der Waals surface area contributed by atoms with Crippen LogP contribution in [0.1, 0.15) is 20.8 Å². The van der Waals surface area contributed by atoms with Gasteiger partial charge in [-0.25, -0.2) is 0 Å². The van der Waals surface area contributed by atoms with Crippen molar-refractivity contribution >= 4 is 5.91 Å². The molecule has 0 aromatic heterocycles. The first kappa shape index (κ1) is 17.2. The van der Waals surface area contributed by atoms with Crippen LogP contribution >= 0.6 is 0 Å². The van der Waals surface area contributed by atoms with E-state index in [4.69, 9.17) is 5.73 Å². The minimum atomic E-state index is -4.75. The summed E-state index contributed by atoms with van der Waals surface area (Å²) in [5.74, 6) is -1.09. The lowest BCUT2D eigenvalue weighted by Gasteiger charge is -2.36. The maximum atomic E-state index is 12.7. The summed E-state index contributed by atoms with van der Waals surface area (Å²) in [5.41, 5.74) is 2.31. The summed E-state index contributed by atoms with van der Waals surface area (Å²) in [6, 6.07) is -0.331. The van der Waals surface area contributed by atoms with E-state index in [0.29, 0.717) is 13.5 Å². The number of hydrogen-bond donors (Lipinski definition) is 1. The quantitative estimate of drug-likeness (QED) is 0.812. The summed E-state index contributed by atoms with van der Waals surface area (Å²) in [6.45, 7) is 4.72. The predicted molar refractivity (Wildman–Crippen MR) is 64.1 cm³/mol. The van der Waals surface area contributed by atoms with Crippen molar-refractivity contribution in [2.45, 2.75) is 38.5 Å². The summed E-state index contributed by atoms with van der Waals surface area (Å²) in [4.78, 5) is 14.9. The smallest absolute Gasteiger partial charge is 0.337 e. The SMILES string of the molecule is CCN(C(=O)C(C)(N)C(F)(F)F)C(C)CN(C)C. The van der Waals surface area contributed by atoms with Gasteiger partial charge in [0.05, 0.1) is 0 Å². The zero-order chi connectivity index (χ0) is 14.7. The zero-order valence-electron chi connectivity index (χ0n) is 11.5. The van der Waals surface area contributed by atoms with Crippen LogP contribution in [0.2, 0.25) is 0 Å². The minimum Gasteiger partial charge on any atom is -0.337 e. The molecule has 7 heteroatoms. The van der Waals surface area contributed by atoms with E-state index in [-0.39, 0.29) is 12.6 Å². The van der Waals surface area contributed by atoms with Crippen molar-refractivity contribution in [2.24, 2.45) is 5.73 Å². The van der Waals surface area contributed by atoms with Crippen LogP contribution in [-0.4, -0.2) is 60.6 Å². The fourth-order valence-corrected chi connectivity index (χ4v) is 1.70. The molecule has 4 nitrogen and oxygen atoms in total. The Hall–Kier alpha value is -0.820. The summed E-state index contributed by atoms with van der Waals surface area (Å²) in [7, 11) is 3.58. The zero-order valence-corrected chi connectivity index (χ0v) is 11.5. The van der Waals surface area contributed by atoms with E-state index in [2.05, 4.69) is 0 Å². The monoisotopic (exact) mass is 269 g/mol. The van der Waals surface area contributed by atoms with Gasteiger partial charge in [-0.1, -0.05) is 0 Å². The number of hydrogen-bond acceptors (Lipinski definition) is 3. The Labute approximate surface area is 106 Å². The lowest BCUT2D eigenvalue weighted by molar-refractivity contribution is -0.194. The van der Waals surface area contributed by atoms with E-state index in [0.717, 1.165) is 4.90 Å². The van der Waals surface area contributed by atoms with Crippen molar-refractivity contribution in [3.05, 3.63) is 0 Å². The first-order valence-electron chi connectivity index (χ1n) is 5.76. The third kappa shape index (κ3) is 3.84. The van der Waals surface area contributed by atoms with Crippen molar-refractivity contribution in [3.63, 3.8) is 0 Å². The molecular formula is C11H22F3N3O. The minimum absolute atomic E-state index is 0.191. The molecule has 18 heavy (non-hydrogen) atoms. The third-order valence-corrected chi connectivity index (χ3v) is 2.80. The maximum Gasteiger partial charge on any atom is 0.415 e. The van der Waals surface area contributed by atoms with Gasteiger partial charge in [-0.15, -0.1) is 0 Å². The highest BCUT2D eigenvalue weighted by molar-refractivity contribution is 5.87. The number of nitrogens with zero attached hydrogens (tertiary/aromatic N) is 2. The predicted octanol–water partition coefficient (Wildman–Crippen LogP) is 1.06. The second-order valence-corrected chi connectivity index (χ2v) is 4.90. The van der Waals surface area contributed by atoms with Crippen LogP contribution in [0.4, 0.5) is 13.2 Å². The van der Waals surface area contributed by atoms with Crippen molar-refractivity contribution in [2.75, 3.05) is 27.2 Å². The Morgan fingerprint density at radius 1 is 1.33 bits per heavy atom. The van der Waals surface area contributed by atoms with Gasteiger partial charge >= 0.3 is 6.18 Å². The number of halogens is 3. The number of likely N-dealkylation sites (N-methyl/N-ethyl adjacent to an activating group) is 2. The molecule has 2 N–H and O–H groups in total. The van der Waals surface area contributed by atoms with Crippen LogP contribution in [0.3, 0.4) is 0 Å². The van der Waals surface area contributed by atoms with Gasteiger partial charge in [-0.05, 0) is 34.9 Å². The molecule has 0 spiro atoms. The molecule has 0 saturated heterocycles. The van der Waals surface area contributed by atoms with Crippen molar-refractivity contribution in [3.8, 4) is 0 Å². The van der Waals surface area contributed by atoms with Gasteiger partial charge in [0.2, 0.25) is 0 Å². The average molecular weight is 269 g/mol. The van der Waals surface area contributed by atoms with E-state index in [1.54, 1.807) is 27.9 Å². The highest BCUT2D eigenvalue weighted by atomic mass is 19.4. The van der Waals surface area contributed by atoms with Crippen LogP contribution in [0.25, 0.3) is 0 Å². The summed E-state index contributed by atoms with van der Waals surface area (Å²) in [6.07, 6.45) is -4.75. The lowest BCUT2D eigenvalue weighted by Crippen LogP contribution is -2.64. The number of carbonyl (C=O) groups excluding carboxylic acids is 1. The molecule has 0 aliphatic rings. The topological polar surface area (TPSA) is 49.6 Å². The van der Waals surface area contributed by atoms with Crippen LogP contribution in [0.5, 0.6) is 0 Å². The molecule has 2 unspecified atom stereocenters. The van der Waals surface area contributed by atoms with Gasteiger partial charge in [-0.3, -0.25) is 4.79 Å². The Morgan fingerprint density at radius 2 is 1.78 bits per heavy atom. The van der Waals surface area contributed by atoms with E-state index >= 15 is 0 Å². The Bertz CT molecular complexity index is 290. The van der Waals surface area contributed by atoms with Crippen LogP contribution in [0.15, 0.2) is 0 Å². The third-order valence-electron chi connectivity index (χ3n) is 2.80. The average Bonchev–Trinajstić information content (AvgIpc) is 2.15. The number of amides is 1. The standard InChI is InChI=1S/C11H22F3N3O/c1-6-17(8(2)7-16(4)5)9(18)10(3,15)11(12,13)14/h8H,6-7,15H2,1-5H3. The lowest BCUT2D eigenvalue weighted by atomic mass is 10.00.